The Morgan fingerprint density at radius 3 is 2.37 bits per heavy atom. The Hall–Kier alpha value is -2.86. The zero-order chi connectivity index (χ0) is 24.5. The summed E-state index contributed by atoms with van der Waals surface area (Å²) in [7, 11) is 0. The molecule has 1 atom stereocenters. The maximum atomic E-state index is 12.6. The van der Waals surface area contributed by atoms with E-state index in [0.29, 0.717) is 26.2 Å². The molecule has 0 aliphatic carbocycles. The number of urea groups is 1. The first-order valence-corrected chi connectivity index (χ1v) is 12.7. The highest BCUT2D eigenvalue weighted by Gasteiger charge is 2.24. The molecule has 0 radical (unpaired) electrons. The number of rotatable bonds is 9. The van der Waals surface area contributed by atoms with Crippen LogP contribution in [0.4, 0.5) is 4.79 Å². The first-order chi connectivity index (χ1) is 17.1. The van der Waals surface area contributed by atoms with E-state index in [9.17, 15) is 4.79 Å². The lowest BCUT2D eigenvalue weighted by Crippen LogP contribution is -2.52. The fourth-order valence-electron chi connectivity index (χ4n) is 4.37. The smallest absolute Gasteiger partial charge is 0.317 e. The monoisotopic (exact) mass is 491 g/mol. The van der Waals surface area contributed by atoms with Crippen LogP contribution in [-0.4, -0.2) is 55.1 Å². The topological polar surface area (TPSA) is 44.8 Å². The van der Waals surface area contributed by atoms with Crippen molar-refractivity contribution in [2.24, 2.45) is 0 Å². The van der Waals surface area contributed by atoms with Gasteiger partial charge in [0.2, 0.25) is 0 Å². The molecule has 1 aliphatic heterocycles. The molecule has 4 rings (SSSR count). The molecule has 1 heterocycles. The van der Waals surface area contributed by atoms with Gasteiger partial charge < -0.3 is 15.0 Å². The zero-order valence-corrected chi connectivity index (χ0v) is 21.1. The molecule has 184 valence electrons. The van der Waals surface area contributed by atoms with Crippen LogP contribution in [0.1, 0.15) is 28.4 Å². The van der Waals surface area contributed by atoms with E-state index in [1.807, 2.05) is 47.4 Å². The van der Waals surface area contributed by atoms with Crippen molar-refractivity contribution in [2.45, 2.75) is 26.1 Å². The number of carbonyl (C=O) groups excluding carboxylic acids is 1. The second-order valence-corrected chi connectivity index (χ2v) is 9.53. The van der Waals surface area contributed by atoms with Crippen LogP contribution >= 0.6 is 11.6 Å². The number of piperazine rings is 1. The number of amides is 2. The number of carbonyl (C=O) groups is 1. The van der Waals surface area contributed by atoms with E-state index in [0.717, 1.165) is 36.6 Å². The zero-order valence-electron chi connectivity index (χ0n) is 20.3. The maximum Gasteiger partial charge on any atom is 0.317 e. The SMILES string of the molecule is Cc1cccc(CO[C@H](CN2CCN(C(=O)NCCc3ccccc3)CC2)c2ccc(Cl)cc2)c1. The molecular formula is C29H34ClN3O2. The number of aryl methyl sites for hydroxylation is 1. The quantitative estimate of drug-likeness (QED) is 0.431. The molecule has 3 aromatic rings. The van der Waals surface area contributed by atoms with Crippen LogP contribution < -0.4 is 5.32 Å². The van der Waals surface area contributed by atoms with Crippen molar-refractivity contribution >= 4 is 17.6 Å². The Morgan fingerprint density at radius 1 is 0.943 bits per heavy atom. The molecule has 5 nitrogen and oxygen atoms in total. The molecule has 3 aromatic carbocycles. The summed E-state index contributed by atoms with van der Waals surface area (Å²) in [4.78, 5) is 16.9. The minimum atomic E-state index is -0.0703. The van der Waals surface area contributed by atoms with Crippen LogP contribution in [0.25, 0.3) is 0 Å². The van der Waals surface area contributed by atoms with Crippen molar-refractivity contribution in [1.29, 1.82) is 0 Å². The predicted molar refractivity (Wildman–Crippen MR) is 142 cm³/mol. The van der Waals surface area contributed by atoms with Gasteiger partial charge in [-0.15, -0.1) is 0 Å². The van der Waals surface area contributed by atoms with Crippen LogP contribution in [0, 0.1) is 6.92 Å². The van der Waals surface area contributed by atoms with Crippen molar-refractivity contribution in [3.63, 3.8) is 0 Å². The summed E-state index contributed by atoms with van der Waals surface area (Å²) in [5, 5.41) is 3.78. The molecule has 0 bridgehead atoms. The lowest BCUT2D eigenvalue weighted by molar-refractivity contribution is 0.00556. The number of ether oxygens (including phenoxy) is 1. The molecule has 0 unspecified atom stereocenters. The van der Waals surface area contributed by atoms with Gasteiger partial charge in [0.05, 0.1) is 12.7 Å². The highest BCUT2D eigenvalue weighted by Crippen LogP contribution is 2.23. The van der Waals surface area contributed by atoms with Crippen molar-refractivity contribution in [2.75, 3.05) is 39.3 Å². The second kappa shape index (κ2) is 12.7. The second-order valence-electron chi connectivity index (χ2n) is 9.10. The third kappa shape index (κ3) is 7.82. The van der Waals surface area contributed by atoms with Gasteiger partial charge in [-0.2, -0.15) is 0 Å². The summed E-state index contributed by atoms with van der Waals surface area (Å²) in [6, 6.07) is 26.6. The molecule has 1 fully saturated rings. The largest absolute Gasteiger partial charge is 0.368 e. The Balaban J connectivity index is 1.28. The summed E-state index contributed by atoms with van der Waals surface area (Å²) < 4.78 is 6.40. The van der Waals surface area contributed by atoms with Crippen LogP contribution in [0.15, 0.2) is 78.9 Å². The van der Waals surface area contributed by atoms with E-state index in [-0.39, 0.29) is 12.1 Å². The standard InChI is InChI=1S/C29H34ClN3O2/c1-23-6-5-9-25(20-23)22-35-28(26-10-12-27(30)13-11-26)21-32-16-18-33(19-17-32)29(34)31-15-14-24-7-3-2-4-8-24/h2-13,20,28H,14-19,21-22H2,1H3,(H,31,34)/t28-/m1/s1. The number of halogens is 1. The molecule has 0 saturated carbocycles. The molecule has 2 amide bonds. The van der Waals surface area contributed by atoms with Crippen molar-refractivity contribution < 1.29 is 9.53 Å². The third-order valence-electron chi connectivity index (χ3n) is 6.39. The minimum absolute atomic E-state index is 0.0190. The third-order valence-corrected chi connectivity index (χ3v) is 6.64. The summed E-state index contributed by atoms with van der Waals surface area (Å²) in [6.45, 7) is 7.14. The van der Waals surface area contributed by atoms with Crippen molar-refractivity contribution in [3.05, 3.63) is 106 Å². The highest BCUT2D eigenvalue weighted by atomic mass is 35.5. The fraction of sp³-hybridized carbons (Fsp3) is 0.345. The molecule has 0 spiro atoms. The Bertz CT molecular complexity index is 1070. The number of hydrogen-bond acceptors (Lipinski definition) is 3. The van der Waals surface area contributed by atoms with Gasteiger partial charge in [-0.05, 0) is 42.2 Å². The molecule has 1 saturated heterocycles. The van der Waals surface area contributed by atoms with Crippen molar-refractivity contribution in [3.8, 4) is 0 Å². The molecule has 6 heteroatoms. The van der Waals surface area contributed by atoms with Crippen molar-refractivity contribution in [1.82, 2.24) is 15.1 Å². The van der Waals surface area contributed by atoms with E-state index in [1.165, 1.54) is 16.7 Å². The number of nitrogens with zero attached hydrogens (tertiary/aromatic N) is 2. The van der Waals surface area contributed by atoms with Crippen LogP contribution in [0.2, 0.25) is 5.02 Å². The van der Waals surface area contributed by atoms with Gasteiger partial charge in [-0.3, -0.25) is 4.90 Å². The number of hydrogen-bond donors (Lipinski definition) is 1. The molecule has 0 aromatic heterocycles. The highest BCUT2D eigenvalue weighted by molar-refractivity contribution is 6.30. The van der Waals surface area contributed by atoms with Crippen LogP contribution in [0.5, 0.6) is 0 Å². The van der Waals surface area contributed by atoms with E-state index in [1.54, 1.807) is 0 Å². The van der Waals surface area contributed by atoms with Gasteiger partial charge in [0.25, 0.3) is 0 Å². The summed E-state index contributed by atoms with van der Waals surface area (Å²) in [5.41, 5.74) is 4.74. The average molecular weight is 492 g/mol. The van der Waals surface area contributed by atoms with E-state index < -0.39 is 0 Å². The molecule has 1 N–H and O–H groups in total. The lowest BCUT2D eigenvalue weighted by atomic mass is 10.1. The average Bonchev–Trinajstić information content (AvgIpc) is 2.88. The van der Waals surface area contributed by atoms with Crippen LogP contribution in [-0.2, 0) is 17.8 Å². The lowest BCUT2D eigenvalue weighted by Gasteiger charge is -2.36. The fourth-order valence-corrected chi connectivity index (χ4v) is 4.49. The van der Waals surface area contributed by atoms with Gasteiger partial charge in [0.15, 0.2) is 0 Å². The van der Waals surface area contributed by atoms with E-state index in [4.69, 9.17) is 16.3 Å². The van der Waals surface area contributed by atoms with Gasteiger partial charge in [0, 0.05) is 44.3 Å². The predicted octanol–water partition coefficient (Wildman–Crippen LogP) is 5.48. The molecule has 35 heavy (non-hydrogen) atoms. The summed E-state index contributed by atoms with van der Waals surface area (Å²) in [5.74, 6) is 0. The Morgan fingerprint density at radius 2 is 1.66 bits per heavy atom. The van der Waals surface area contributed by atoms with E-state index in [2.05, 4.69) is 53.5 Å². The normalized spacial score (nSPS) is 15.1. The Labute approximate surface area is 213 Å². The van der Waals surface area contributed by atoms with Gasteiger partial charge >= 0.3 is 6.03 Å². The molecular weight excluding hydrogens is 458 g/mol. The number of nitrogens with one attached hydrogen (secondary N) is 1. The van der Waals surface area contributed by atoms with Gasteiger partial charge in [0.1, 0.15) is 0 Å². The maximum absolute atomic E-state index is 12.6. The summed E-state index contributed by atoms with van der Waals surface area (Å²) >= 11 is 6.12. The van der Waals surface area contributed by atoms with Gasteiger partial charge in [-0.25, -0.2) is 4.79 Å². The van der Waals surface area contributed by atoms with Gasteiger partial charge in [-0.1, -0.05) is 83.9 Å². The Kier molecular flexibility index (Phi) is 9.18. The summed E-state index contributed by atoms with van der Waals surface area (Å²) in [6.07, 6.45) is 0.771. The van der Waals surface area contributed by atoms with Crippen LogP contribution in [0.3, 0.4) is 0 Å². The number of benzene rings is 3. The first kappa shape index (κ1) is 25.2. The van der Waals surface area contributed by atoms with E-state index >= 15 is 0 Å². The molecule has 1 aliphatic rings. The first-order valence-electron chi connectivity index (χ1n) is 12.3. The minimum Gasteiger partial charge on any atom is -0.368 e.